The Morgan fingerprint density at radius 1 is 1.19 bits per heavy atom. The summed E-state index contributed by atoms with van der Waals surface area (Å²) in [6.45, 7) is 7.00. The molecule has 1 N–H and O–H groups in total. The van der Waals surface area contributed by atoms with Crippen LogP contribution in [0.1, 0.15) is 20.3 Å². The Morgan fingerprint density at radius 2 is 2.00 bits per heavy atom. The molecular weight excluding hydrogens is 409 g/mol. The third-order valence-corrected chi connectivity index (χ3v) is 6.66. The van der Waals surface area contributed by atoms with Crippen molar-refractivity contribution in [3.05, 3.63) is 42.2 Å². The second kappa shape index (κ2) is 8.09. The summed E-state index contributed by atoms with van der Waals surface area (Å²) in [6.07, 6.45) is 0.976. The molecule has 0 unspecified atom stereocenters. The molecule has 0 aromatic heterocycles. The van der Waals surface area contributed by atoms with Crippen LogP contribution in [-0.4, -0.2) is 62.0 Å². The number of anilines is 2. The van der Waals surface area contributed by atoms with Gasteiger partial charge in [-0.05, 0) is 38.6 Å². The van der Waals surface area contributed by atoms with Crippen LogP contribution in [0.25, 0.3) is 11.1 Å². The zero-order valence-corrected chi connectivity index (χ0v) is 18.6. The first-order chi connectivity index (χ1) is 15.5. The number of benzene rings is 2. The first-order valence-electron chi connectivity index (χ1n) is 11.1. The lowest BCUT2D eigenvalue weighted by Crippen LogP contribution is -2.55. The Balaban J connectivity index is 1.70. The molecule has 7 nitrogen and oxygen atoms in total. The fourth-order valence-electron chi connectivity index (χ4n) is 4.87. The quantitative estimate of drug-likeness (QED) is 0.800. The van der Waals surface area contributed by atoms with E-state index >= 15 is 0 Å². The van der Waals surface area contributed by atoms with Gasteiger partial charge in [-0.3, -0.25) is 4.79 Å². The highest BCUT2D eigenvalue weighted by atomic mass is 19.1. The largest absolute Gasteiger partial charge is 0.483 e. The summed E-state index contributed by atoms with van der Waals surface area (Å²) in [5, 5.41) is 4.20. The number of ether oxygens (including phenoxy) is 1. The molecular formula is C24H28FN5O2. The van der Waals surface area contributed by atoms with Gasteiger partial charge < -0.3 is 19.4 Å². The Kier molecular flexibility index (Phi) is 5.25. The van der Waals surface area contributed by atoms with Crippen molar-refractivity contribution in [1.82, 2.24) is 10.3 Å². The molecule has 0 spiro atoms. The van der Waals surface area contributed by atoms with E-state index < -0.39 is 6.04 Å². The predicted octanol–water partition coefficient (Wildman–Crippen LogP) is 3.05. The van der Waals surface area contributed by atoms with Gasteiger partial charge >= 0.3 is 0 Å². The number of hydrogen-bond acceptors (Lipinski definition) is 6. The Labute approximate surface area is 187 Å². The van der Waals surface area contributed by atoms with E-state index in [0.29, 0.717) is 23.2 Å². The molecule has 3 aliphatic heterocycles. The number of hydrazone groups is 1. The molecule has 168 valence electrons. The number of carbonyl (C=O) groups excluding carboxylic acids is 1. The molecule has 32 heavy (non-hydrogen) atoms. The molecule has 1 amide bonds. The number of halogens is 1. The van der Waals surface area contributed by atoms with Gasteiger partial charge in [0.25, 0.3) is 5.91 Å². The smallest absolute Gasteiger partial charge is 0.262 e. The average molecular weight is 438 g/mol. The number of likely N-dealkylation sites (N-methyl/N-ethyl adjacent to an activating group) is 1. The zero-order valence-electron chi connectivity index (χ0n) is 18.6. The van der Waals surface area contributed by atoms with Crippen LogP contribution in [0.4, 0.5) is 15.8 Å². The van der Waals surface area contributed by atoms with Crippen molar-refractivity contribution in [3.63, 3.8) is 0 Å². The third-order valence-electron chi connectivity index (χ3n) is 6.66. The summed E-state index contributed by atoms with van der Waals surface area (Å²) in [7, 11) is 2.13. The minimum atomic E-state index is -0.410. The molecule has 2 atom stereocenters. The lowest BCUT2D eigenvalue weighted by molar-refractivity contribution is -0.122. The summed E-state index contributed by atoms with van der Waals surface area (Å²) < 4.78 is 20.9. The lowest BCUT2D eigenvalue weighted by atomic mass is 9.97. The van der Waals surface area contributed by atoms with E-state index in [4.69, 9.17) is 4.74 Å². The molecule has 0 aliphatic carbocycles. The van der Waals surface area contributed by atoms with Crippen molar-refractivity contribution >= 4 is 23.1 Å². The Hall–Kier alpha value is -3.13. The molecule has 3 heterocycles. The number of hydrogen-bond donors (Lipinski definition) is 1. The minimum Gasteiger partial charge on any atom is -0.483 e. The molecule has 2 aromatic rings. The van der Waals surface area contributed by atoms with Crippen molar-refractivity contribution in [2.45, 2.75) is 32.4 Å². The highest BCUT2D eigenvalue weighted by Gasteiger charge is 2.37. The van der Waals surface area contributed by atoms with Gasteiger partial charge in [-0.25, -0.2) is 9.82 Å². The third kappa shape index (κ3) is 3.39. The standard InChI is InChI=1S/C24H28FN5O2/c1-4-16-13-28(3)9-10-29(16)20-12-21-22(11-18(20)17-7-5-6-8-19(17)25)32-14-23-26-27-24(31)15(2)30(21)23/h5-8,11-12,15-16H,4,9-10,13-14H2,1-3H3,(H,27,31)/t15-,16-/m1/s1. The molecule has 1 saturated heterocycles. The number of amides is 1. The number of amidine groups is 1. The molecule has 3 aliphatic rings. The van der Waals surface area contributed by atoms with Crippen molar-refractivity contribution in [2.75, 3.05) is 43.1 Å². The average Bonchev–Trinajstić information content (AvgIpc) is 2.80. The van der Waals surface area contributed by atoms with Crippen LogP contribution < -0.4 is 20.0 Å². The van der Waals surface area contributed by atoms with E-state index in [1.165, 1.54) is 6.07 Å². The van der Waals surface area contributed by atoms with Gasteiger partial charge in [0.1, 0.15) is 24.2 Å². The van der Waals surface area contributed by atoms with E-state index in [2.05, 4.69) is 40.4 Å². The maximum atomic E-state index is 14.9. The van der Waals surface area contributed by atoms with Crippen molar-refractivity contribution in [2.24, 2.45) is 5.10 Å². The number of nitrogens with zero attached hydrogens (tertiary/aromatic N) is 4. The fourth-order valence-corrected chi connectivity index (χ4v) is 4.87. The molecule has 1 fully saturated rings. The highest BCUT2D eigenvalue weighted by Crippen LogP contribution is 2.45. The maximum absolute atomic E-state index is 14.9. The minimum absolute atomic E-state index is 0.160. The van der Waals surface area contributed by atoms with Gasteiger partial charge in [0.2, 0.25) is 0 Å². The normalized spacial score (nSPS) is 23.1. The van der Waals surface area contributed by atoms with Crippen LogP contribution in [-0.2, 0) is 4.79 Å². The van der Waals surface area contributed by atoms with Gasteiger partial charge in [-0.15, -0.1) is 0 Å². The van der Waals surface area contributed by atoms with Crippen LogP contribution in [0.2, 0.25) is 0 Å². The first-order valence-corrected chi connectivity index (χ1v) is 11.1. The summed E-state index contributed by atoms with van der Waals surface area (Å²) in [5.74, 6) is 0.876. The fraction of sp³-hybridized carbons (Fsp3) is 0.417. The van der Waals surface area contributed by atoms with Crippen LogP contribution >= 0.6 is 0 Å². The maximum Gasteiger partial charge on any atom is 0.262 e. The Bertz CT molecular complexity index is 1090. The van der Waals surface area contributed by atoms with Gasteiger partial charge in [-0.1, -0.05) is 25.1 Å². The Morgan fingerprint density at radius 3 is 2.78 bits per heavy atom. The van der Waals surface area contributed by atoms with Crippen LogP contribution in [0, 0.1) is 5.82 Å². The summed E-state index contributed by atoms with van der Waals surface area (Å²) in [4.78, 5) is 19.0. The van der Waals surface area contributed by atoms with Crippen molar-refractivity contribution in [1.29, 1.82) is 0 Å². The van der Waals surface area contributed by atoms with Crippen LogP contribution in [0.3, 0.4) is 0 Å². The number of nitrogens with one attached hydrogen (secondary N) is 1. The topological polar surface area (TPSA) is 60.4 Å². The molecule has 0 radical (unpaired) electrons. The molecule has 0 saturated carbocycles. The highest BCUT2D eigenvalue weighted by molar-refractivity contribution is 6.10. The van der Waals surface area contributed by atoms with Crippen LogP contribution in [0.15, 0.2) is 41.5 Å². The SMILES string of the molecule is CC[C@@H]1CN(C)CCN1c1cc2c(cc1-c1ccccc1F)OCC1=NNC(=O)[C@@H](C)N12. The van der Waals surface area contributed by atoms with E-state index in [-0.39, 0.29) is 18.3 Å². The van der Waals surface area contributed by atoms with Gasteiger partial charge in [0.15, 0.2) is 5.84 Å². The van der Waals surface area contributed by atoms with Gasteiger partial charge in [0.05, 0.1) is 5.69 Å². The predicted molar refractivity (Wildman–Crippen MR) is 124 cm³/mol. The number of rotatable bonds is 3. The van der Waals surface area contributed by atoms with Crippen LogP contribution in [0.5, 0.6) is 5.75 Å². The number of piperazine rings is 1. The van der Waals surface area contributed by atoms with Gasteiger partial charge in [-0.2, -0.15) is 5.10 Å². The second-order valence-electron chi connectivity index (χ2n) is 8.67. The molecule has 5 rings (SSSR count). The second-order valence-corrected chi connectivity index (χ2v) is 8.67. The zero-order chi connectivity index (χ0) is 22.4. The van der Waals surface area contributed by atoms with Crippen molar-refractivity contribution in [3.8, 4) is 16.9 Å². The lowest BCUT2D eigenvalue weighted by Gasteiger charge is -2.44. The summed E-state index contributed by atoms with van der Waals surface area (Å²) in [5.41, 5.74) is 5.67. The molecule has 8 heteroatoms. The van der Waals surface area contributed by atoms with Crippen molar-refractivity contribution < 1.29 is 13.9 Å². The first kappa shape index (κ1) is 20.8. The molecule has 2 aromatic carbocycles. The van der Waals surface area contributed by atoms with Gasteiger partial charge in [0, 0.05) is 42.5 Å². The summed E-state index contributed by atoms with van der Waals surface area (Å²) in [6, 6.07) is 10.7. The number of fused-ring (bicyclic) bond motifs is 3. The van der Waals surface area contributed by atoms with E-state index in [1.54, 1.807) is 6.07 Å². The number of carbonyl (C=O) groups is 1. The van der Waals surface area contributed by atoms with E-state index in [1.807, 2.05) is 30.0 Å². The molecule has 0 bridgehead atoms. The summed E-state index contributed by atoms with van der Waals surface area (Å²) >= 11 is 0. The monoisotopic (exact) mass is 437 g/mol. The van der Waals surface area contributed by atoms with E-state index in [9.17, 15) is 9.18 Å². The van der Waals surface area contributed by atoms with E-state index in [0.717, 1.165) is 43.0 Å².